The average Bonchev–Trinajstić information content (AvgIpc) is 2.86. The number of carbonyl (C=O) groups is 4. The van der Waals surface area contributed by atoms with E-state index in [0.717, 1.165) is 10.5 Å². The number of hydrogen-bond acceptors (Lipinski definition) is 6. The Bertz CT molecular complexity index is 657. The van der Waals surface area contributed by atoms with Crippen LogP contribution in [0.2, 0.25) is 0 Å². The number of nitrogens with zero attached hydrogens (tertiary/aromatic N) is 1. The van der Waals surface area contributed by atoms with Crippen molar-refractivity contribution in [2.24, 2.45) is 5.92 Å². The van der Waals surface area contributed by atoms with Gasteiger partial charge in [-0.1, -0.05) is 30.3 Å². The van der Waals surface area contributed by atoms with Crippen LogP contribution in [0.1, 0.15) is 19.4 Å². The average molecular weight is 347 g/mol. The number of likely N-dealkylation sites (tertiary alicyclic amines) is 1. The summed E-state index contributed by atoms with van der Waals surface area (Å²) in [5, 5.41) is 0. The van der Waals surface area contributed by atoms with Gasteiger partial charge in [-0.25, -0.2) is 4.79 Å². The molecule has 134 valence electrons. The highest BCUT2D eigenvalue weighted by Crippen LogP contribution is 2.26. The summed E-state index contributed by atoms with van der Waals surface area (Å²) in [5.41, 5.74) is 0.949. The van der Waals surface area contributed by atoms with Crippen LogP contribution in [0.15, 0.2) is 30.3 Å². The van der Waals surface area contributed by atoms with Crippen molar-refractivity contribution in [3.05, 3.63) is 35.9 Å². The molecule has 0 bridgehead atoms. The largest absolute Gasteiger partial charge is 0.465 e. The topological polar surface area (TPSA) is 90.0 Å². The molecule has 0 unspecified atom stereocenters. The molecule has 7 nitrogen and oxygen atoms in total. The first-order valence-electron chi connectivity index (χ1n) is 8.23. The van der Waals surface area contributed by atoms with Crippen LogP contribution in [0, 0.1) is 5.92 Å². The van der Waals surface area contributed by atoms with E-state index in [1.807, 2.05) is 30.3 Å². The predicted octanol–water partition coefficient (Wildman–Crippen LogP) is 0.751. The quantitative estimate of drug-likeness (QED) is 0.411. The van der Waals surface area contributed by atoms with Gasteiger partial charge in [0, 0.05) is 6.54 Å². The van der Waals surface area contributed by atoms with Crippen molar-refractivity contribution < 1.29 is 28.7 Å². The number of esters is 2. The molecule has 1 aliphatic heterocycles. The molecular formula is C18H21NO6. The van der Waals surface area contributed by atoms with E-state index in [4.69, 9.17) is 9.47 Å². The highest BCUT2D eigenvalue weighted by atomic mass is 16.5. The number of benzene rings is 1. The van der Waals surface area contributed by atoms with E-state index in [9.17, 15) is 19.2 Å². The minimum atomic E-state index is -1.47. The Morgan fingerprint density at radius 1 is 1.00 bits per heavy atom. The summed E-state index contributed by atoms with van der Waals surface area (Å²) in [7, 11) is 0. The lowest BCUT2D eigenvalue weighted by Gasteiger charge is -2.24. The van der Waals surface area contributed by atoms with Gasteiger partial charge in [-0.3, -0.25) is 14.4 Å². The van der Waals surface area contributed by atoms with Crippen molar-refractivity contribution >= 4 is 23.6 Å². The number of rotatable bonds is 7. The zero-order valence-electron chi connectivity index (χ0n) is 14.3. The van der Waals surface area contributed by atoms with Crippen LogP contribution in [0.3, 0.4) is 0 Å². The Morgan fingerprint density at radius 3 is 2.20 bits per heavy atom. The number of Topliss-reactive ketones (excluding diaryl/α,β-unsaturated/α-hetero) is 1. The van der Waals surface area contributed by atoms with Gasteiger partial charge < -0.3 is 14.4 Å². The fourth-order valence-electron chi connectivity index (χ4n) is 2.82. The number of hydrogen-bond donors (Lipinski definition) is 0. The molecule has 0 aromatic heterocycles. The van der Waals surface area contributed by atoms with Gasteiger partial charge in [-0.15, -0.1) is 0 Å². The first kappa shape index (κ1) is 18.6. The first-order chi connectivity index (χ1) is 12.0. The van der Waals surface area contributed by atoms with Gasteiger partial charge in [0.05, 0.1) is 13.2 Å². The molecule has 1 amide bonds. The number of ether oxygens (including phenoxy) is 2. The summed E-state index contributed by atoms with van der Waals surface area (Å²) in [6.07, 6.45) is 0.450. The maximum atomic E-state index is 12.3. The number of amides is 1. The van der Waals surface area contributed by atoms with Gasteiger partial charge in [0.15, 0.2) is 12.0 Å². The van der Waals surface area contributed by atoms with Crippen LogP contribution in [0.5, 0.6) is 0 Å². The van der Waals surface area contributed by atoms with E-state index >= 15 is 0 Å². The van der Waals surface area contributed by atoms with Crippen molar-refractivity contribution in [2.75, 3.05) is 19.8 Å². The molecule has 0 N–H and O–H groups in total. The Kier molecular flexibility index (Phi) is 6.27. The molecule has 2 atom stereocenters. The van der Waals surface area contributed by atoms with Gasteiger partial charge >= 0.3 is 11.9 Å². The second-order valence-electron chi connectivity index (χ2n) is 5.53. The van der Waals surface area contributed by atoms with Crippen molar-refractivity contribution in [3.8, 4) is 0 Å². The normalized spacial score (nSPS) is 19.8. The number of carbonyl (C=O) groups excluding carboxylic acids is 4. The lowest BCUT2D eigenvalue weighted by Crippen LogP contribution is -2.45. The maximum Gasteiger partial charge on any atom is 0.330 e. The van der Waals surface area contributed by atoms with E-state index in [2.05, 4.69) is 0 Å². The summed E-state index contributed by atoms with van der Waals surface area (Å²) < 4.78 is 9.84. The highest BCUT2D eigenvalue weighted by molar-refractivity contribution is 6.43. The Balaban J connectivity index is 2.24. The Hall–Kier alpha value is -2.70. The molecule has 0 spiro atoms. The third kappa shape index (κ3) is 4.04. The number of ketones is 1. The molecular weight excluding hydrogens is 326 g/mol. The summed E-state index contributed by atoms with van der Waals surface area (Å²) in [4.78, 5) is 50.1. The monoisotopic (exact) mass is 347 g/mol. The summed E-state index contributed by atoms with van der Waals surface area (Å²) in [6, 6.07) is 8.07. The predicted molar refractivity (Wildman–Crippen MR) is 87.4 cm³/mol. The van der Waals surface area contributed by atoms with Crippen LogP contribution in [0.25, 0.3) is 0 Å². The standard InChI is InChI=1S/C18H21NO6/c1-3-24-17(22)13-14(18(23)25-4-2)19(16(21)15(13)20)11-10-12-8-6-5-7-9-12/h5-9,13-14H,3-4,10-11H2,1-2H3/t13-,14-/m1/s1. The zero-order chi connectivity index (χ0) is 18.4. The fourth-order valence-corrected chi connectivity index (χ4v) is 2.82. The minimum absolute atomic E-state index is 0.0519. The van der Waals surface area contributed by atoms with E-state index < -0.39 is 35.6 Å². The summed E-state index contributed by atoms with van der Waals surface area (Å²) >= 11 is 0. The molecule has 0 aliphatic carbocycles. The van der Waals surface area contributed by atoms with Crippen LogP contribution in [0.4, 0.5) is 0 Å². The summed E-state index contributed by atoms with van der Waals surface area (Å²) in [5.74, 6) is -4.90. The molecule has 1 fully saturated rings. The lowest BCUT2D eigenvalue weighted by molar-refractivity contribution is -0.160. The van der Waals surface area contributed by atoms with Crippen LogP contribution in [-0.2, 0) is 35.1 Å². The Morgan fingerprint density at radius 2 is 1.60 bits per heavy atom. The Labute approximate surface area is 145 Å². The van der Waals surface area contributed by atoms with Crippen LogP contribution < -0.4 is 0 Å². The third-order valence-electron chi connectivity index (χ3n) is 3.96. The van der Waals surface area contributed by atoms with Crippen LogP contribution >= 0.6 is 0 Å². The van der Waals surface area contributed by atoms with Gasteiger partial charge in [0.25, 0.3) is 5.91 Å². The second-order valence-corrected chi connectivity index (χ2v) is 5.53. The minimum Gasteiger partial charge on any atom is -0.465 e. The van der Waals surface area contributed by atoms with Gasteiger partial charge in [-0.2, -0.15) is 0 Å². The van der Waals surface area contributed by atoms with Crippen molar-refractivity contribution in [1.29, 1.82) is 0 Å². The lowest BCUT2D eigenvalue weighted by atomic mass is 9.99. The zero-order valence-corrected chi connectivity index (χ0v) is 14.3. The first-order valence-corrected chi connectivity index (χ1v) is 8.23. The smallest absolute Gasteiger partial charge is 0.330 e. The van der Waals surface area contributed by atoms with E-state index in [0.29, 0.717) is 6.42 Å². The molecule has 1 saturated heterocycles. The third-order valence-corrected chi connectivity index (χ3v) is 3.96. The molecule has 0 saturated carbocycles. The maximum absolute atomic E-state index is 12.3. The van der Waals surface area contributed by atoms with Gasteiger partial charge in [-0.05, 0) is 25.8 Å². The molecule has 25 heavy (non-hydrogen) atoms. The second kappa shape index (κ2) is 8.41. The van der Waals surface area contributed by atoms with E-state index in [-0.39, 0.29) is 19.8 Å². The van der Waals surface area contributed by atoms with Crippen molar-refractivity contribution in [2.45, 2.75) is 26.3 Å². The van der Waals surface area contributed by atoms with Gasteiger partial charge in [0.1, 0.15) is 0 Å². The van der Waals surface area contributed by atoms with Crippen molar-refractivity contribution in [3.63, 3.8) is 0 Å². The van der Waals surface area contributed by atoms with E-state index in [1.165, 1.54) is 0 Å². The highest BCUT2D eigenvalue weighted by Gasteiger charge is 2.55. The van der Waals surface area contributed by atoms with Crippen molar-refractivity contribution in [1.82, 2.24) is 4.90 Å². The fraction of sp³-hybridized carbons (Fsp3) is 0.444. The molecule has 1 aliphatic rings. The SMILES string of the molecule is CCOC(=O)[C@H]1C(=O)C(=O)N(CCc2ccccc2)[C@H]1C(=O)OCC. The van der Waals surface area contributed by atoms with Gasteiger partial charge in [0.2, 0.25) is 5.78 Å². The molecule has 0 radical (unpaired) electrons. The van der Waals surface area contributed by atoms with Crippen LogP contribution in [-0.4, -0.2) is 54.3 Å². The molecule has 1 heterocycles. The van der Waals surface area contributed by atoms with E-state index in [1.54, 1.807) is 13.8 Å². The molecule has 2 rings (SSSR count). The molecule has 1 aromatic rings. The summed E-state index contributed by atoms with van der Waals surface area (Å²) in [6.45, 7) is 3.47. The molecule has 7 heteroatoms. The molecule has 1 aromatic carbocycles.